The molecular weight excluding hydrogens is 443 g/mol. The van der Waals surface area contributed by atoms with Gasteiger partial charge in [-0.05, 0) is 55.2 Å². The van der Waals surface area contributed by atoms with E-state index >= 15 is 0 Å². The first kappa shape index (κ1) is 21.3. The van der Waals surface area contributed by atoms with Gasteiger partial charge in [0.05, 0.1) is 18.1 Å². The molecule has 2 aromatic carbocycles. The van der Waals surface area contributed by atoms with Crippen molar-refractivity contribution in [1.82, 2.24) is 19.9 Å². The summed E-state index contributed by atoms with van der Waals surface area (Å²) in [6.45, 7) is 4.47. The average molecular weight is 465 g/mol. The molecule has 1 unspecified atom stereocenters. The van der Waals surface area contributed by atoms with Gasteiger partial charge in [0.2, 0.25) is 5.91 Å². The van der Waals surface area contributed by atoms with E-state index in [-0.39, 0.29) is 17.8 Å². The molecule has 3 heterocycles. The van der Waals surface area contributed by atoms with Crippen molar-refractivity contribution in [2.45, 2.75) is 32.7 Å². The summed E-state index contributed by atoms with van der Waals surface area (Å²) in [7, 11) is 0. The maximum atomic E-state index is 14.3. The number of H-pyrrole nitrogens is 1. The van der Waals surface area contributed by atoms with E-state index in [9.17, 15) is 9.18 Å². The van der Waals surface area contributed by atoms with Crippen LogP contribution in [-0.2, 0) is 4.79 Å². The number of fused-ring (bicyclic) bond motifs is 1. The maximum absolute atomic E-state index is 14.3. The largest absolute Gasteiger partial charge is 0.362 e. The Hall–Kier alpha value is -3.52. The van der Waals surface area contributed by atoms with Crippen molar-refractivity contribution in [3.63, 3.8) is 0 Å². The van der Waals surface area contributed by atoms with Crippen molar-refractivity contribution in [2.75, 3.05) is 16.8 Å². The Labute approximate surface area is 195 Å². The summed E-state index contributed by atoms with van der Waals surface area (Å²) in [6.07, 6.45) is 4.26. The van der Waals surface area contributed by atoms with E-state index in [2.05, 4.69) is 25.3 Å². The van der Waals surface area contributed by atoms with Crippen LogP contribution in [0.25, 0.3) is 22.3 Å². The number of imidazole rings is 1. The number of nitrogens with one attached hydrogen (secondary N) is 2. The van der Waals surface area contributed by atoms with Crippen LogP contribution in [0.5, 0.6) is 0 Å². The lowest BCUT2D eigenvalue weighted by atomic mass is 9.90. The summed E-state index contributed by atoms with van der Waals surface area (Å²) in [6, 6.07) is 8.02. The maximum Gasteiger partial charge on any atom is 0.227 e. The van der Waals surface area contributed by atoms with Gasteiger partial charge in [0.25, 0.3) is 0 Å². The normalized spacial score (nSPS) is 14.8. The molecule has 9 heteroatoms. The quantitative estimate of drug-likeness (QED) is 0.411. The molecule has 4 aromatic rings. The summed E-state index contributed by atoms with van der Waals surface area (Å²) in [5.74, 6) is 0.283. The van der Waals surface area contributed by atoms with Gasteiger partial charge in [-0.25, -0.2) is 19.3 Å². The van der Waals surface area contributed by atoms with E-state index in [4.69, 9.17) is 11.6 Å². The molecule has 0 bridgehead atoms. The van der Waals surface area contributed by atoms with Gasteiger partial charge < -0.3 is 15.2 Å². The smallest absolute Gasteiger partial charge is 0.227 e. The Balaban J connectivity index is 1.70. The molecule has 0 aliphatic carbocycles. The Morgan fingerprint density at radius 1 is 1.24 bits per heavy atom. The SMILES string of the molecule is Cc1c(Cl)cc(C(C)Nc2ncnc3nc[nH]c23)c(-c2cccc(F)c2)c1N1CCCC1=O. The van der Waals surface area contributed by atoms with E-state index in [1.807, 2.05) is 26.0 Å². The fraction of sp³-hybridized carbons (Fsp3) is 0.250. The van der Waals surface area contributed by atoms with Crippen LogP contribution in [0.3, 0.4) is 0 Å². The molecule has 2 N–H and O–H groups in total. The predicted octanol–water partition coefficient (Wildman–Crippen LogP) is 5.42. The minimum Gasteiger partial charge on any atom is -0.362 e. The number of aromatic nitrogens is 4. The zero-order chi connectivity index (χ0) is 23.1. The molecule has 1 aliphatic rings. The molecule has 1 aliphatic heterocycles. The third-order valence-corrected chi connectivity index (χ3v) is 6.41. The third-order valence-electron chi connectivity index (χ3n) is 6.02. The van der Waals surface area contributed by atoms with Crippen LogP contribution in [0.2, 0.25) is 5.02 Å². The number of benzene rings is 2. The monoisotopic (exact) mass is 464 g/mol. The molecule has 7 nitrogen and oxygen atoms in total. The average Bonchev–Trinajstić information content (AvgIpc) is 3.44. The number of carbonyl (C=O) groups excluding carboxylic acids is 1. The molecule has 0 spiro atoms. The number of amides is 1. The summed E-state index contributed by atoms with van der Waals surface area (Å²) in [5, 5.41) is 3.95. The topological polar surface area (TPSA) is 86.8 Å². The van der Waals surface area contributed by atoms with E-state index in [0.717, 1.165) is 28.8 Å². The van der Waals surface area contributed by atoms with Crippen LogP contribution in [-0.4, -0.2) is 32.4 Å². The van der Waals surface area contributed by atoms with Gasteiger partial charge in [-0.1, -0.05) is 23.7 Å². The Morgan fingerprint density at radius 2 is 2.09 bits per heavy atom. The van der Waals surface area contributed by atoms with Crippen molar-refractivity contribution < 1.29 is 9.18 Å². The number of aromatic amines is 1. The second-order valence-electron chi connectivity index (χ2n) is 8.14. The number of halogens is 2. The summed E-state index contributed by atoms with van der Waals surface area (Å²) >= 11 is 6.68. The zero-order valence-corrected chi connectivity index (χ0v) is 18.9. The first-order chi connectivity index (χ1) is 15.9. The van der Waals surface area contributed by atoms with Crippen molar-refractivity contribution >= 4 is 40.2 Å². The standard InChI is InChI=1S/C24H22ClFN6O/c1-13-18(25)10-17(14(2)31-24-21-23(28-11-27-21)29-12-30-24)20(15-5-3-6-16(26)9-15)22(13)32-8-4-7-19(32)33/h3,5-6,9-12,14H,4,7-8H2,1-2H3,(H2,27,28,29,30,31). The fourth-order valence-corrected chi connectivity index (χ4v) is 4.63. The van der Waals surface area contributed by atoms with Crippen LogP contribution in [0.1, 0.15) is 36.9 Å². The molecule has 2 aromatic heterocycles. The number of anilines is 2. The lowest BCUT2D eigenvalue weighted by Crippen LogP contribution is -2.26. The lowest BCUT2D eigenvalue weighted by Gasteiger charge is -2.28. The van der Waals surface area contributed by atoms with Crippen molar-refractivity contribution in [1.29, 1.82) is 0 Å². The van der Waals surface area contributed by atoms with Gasteiger partial charge in [0.15, 0.2) is 11.5 Å². The van der Waals surface area contributed by atoms with Crippen LogP contribution in [0.15, 0.2) is 43.0 Å². The minimum absolute atomic E-state index is 0.0413. The highest BCUT2D eigenvalue weighted by atomic mass is 35.5. The van der Waals surface area contributed by atoms with Crippen LogP contribution < -0.4 is 10.2 Å². The molecule has 33 heavy (non-hydrogen) atoms. The number of carbonyl (C=O) groups is 1. The highest BCUT2D eigenvalue weighted by Gasteiger charge is 2.30. The van der Waals surface area contributed by atoms with E-state index in [0.29, 0.717) is 40.5 Å². The highest BCUT2D eigenvalue weighted by Crippen LogP contribution is 2.44. The highest BCUT2D eigenvalue weighted by molar-refractivity contribution is 6.32. The van der Waals surface area contributed by atoms with E-state index < -0.39 is 0 Å². The molecule has 0 saturated carbocycles. The molecule has 1 atom stereocenters. The van der Waals surface area contributed by atoms with E-state index in [1.54, 1.807) is 17.3 Å². The van der Waals surface area contributed by atoms with Crippen molar-refractivity contribution in [2.24, 2.45) is 0 Å². The molecular formula is C24H22ClFN6O. The first-order valence-corrected chi connectivity index (χ1v) is 11.1. The molecule has 1 saturated heterocycles. The van der Waals surface area contributed by atoms with Crippen LogP contribution in [0, 0.1) is 12.7 Å². The summed E-state index contributed by atoms with van der Waals surface area (Å²) in [4.78, 5) is 30.3. The Morgan fingerprint density at radius 3 is 2.85 bits per heavy atom. The van der Waals surface area contributed by atoms with Gasteiger partial charge in [-0.3, -0.25) is 4.79 Å². The number of hydrogen-bond acceptors (Lipinski definition) is 5. The molecule has 168 valence electrons. The Bertz CT molecular complexity index is 1370. The molecule has 1 amide bonds. The second kappa shape index (κ2) is 8.44. The number of hydrogen-bond donors (Lipinski definition) is 2. The Kier molecular flexibility index (Phi) is 5.46. The van der Waals surface area contributed by atoms with Crippen molar-refractivity contribution in [3.8, 4) is 11.1 Å². The van der Waals surface area contributed by atoms with Crippen LogP contribution >= 0.6 is 11.6 Å². The van der Waals surface area contributed by atoms with Gasteiger partial charge in [0, 0.05) is 23.6 Å². The van der Waals surface area contributed by atoms with E-state index in [1.165, 1.54) is 18.5 Å². The predicted molar refractivity (Wildman–Crippen MR) is 127 cm³/mol. The van der Waals surface area contributed by atoms with Crippen molar-refractivity contribution in [3.05, 3.63) is 65.0 Å². The summed E-state index contributed by atoms with van der Waals surface area (Å²) in [5.41, 5.74) is 5.05. The van der Waals surface area contributed by atoms with Gasteiger partial charge in [0.1, 0.15) is 17.7 Å². The van der Waals surface area contributed by atoms with Crippen LogP contribution in [0.4, 0.5) is 15.9 Å². The first-order valence-electron chi connectivity index (χ1n) is 10.7. The number of rotatable bonds is 5. The van der Waals surface area contributed by atoms with Gasteiger partial charge in [-0.15, -0.1) is 0 Å². The molecule has 0 radical (unpaired) electrons. The molecule has 1 fully saturated rings. The third kappa shape index (κ3) is 3.80. The lowest BCUT2D eigenvalue weighted by molar-refractivity contribution is -0.117. The number of nitrogens with zero attached hydrogens (tertiary/aromatic N) is 4. The van der Waals surface area contributed by atoms with Gasteiger partial charge in [-0.2, -0.15) is 0 Å². The zero-order valence-electron chi connectivity index (χ0n) is 18.2. The van der Waals surface area contributed by atoms with Gasteiger partial charge >= 0.3 is 0 Å². The molecule has 5 rings (SSSR count). The minimum atomic E-state index is -0.347. The summed E-state index contributed by atoms with van der Waals surface area (Å²) < 4.78 is 14.3. The fourth-order valence-electron chi connectivity index (χ4n) is 4.42. The second-order valence-corrected chi connectivity index (χ2v) is 8.55.